The van der Waals surface area contributed by atoms with Gasteiger partial charge in [-0.2, -0.15) is 0 Å². The number of amides is 1. The molecule has 21 heavy (non-hydrogen) atoms. The summed E-state index contributed by atoms with van der Waals surface area (Å²) in [6.07, 6.45) is 1.15. The van der Waals surface area contributed by atoms with Crippen molar-refractivity contribution in [3.8, 4) is 0 Å². The van der Waals surface area contributed by atoms with Gasteiger partial charge in [0.25, 0.3) is 0 Å². The van der Waals surface area contributed by atoms with Gasteiger partial charge in [0.2, 0.25) is 5.91 Å². The van der Waals surface area contributed by atoms with E-state index in [2.05, 4.69) is 5.32 Å². The molecule has 0 saturated carbocycles. The standard InChI is InChI=1S/C15H18FNO4/c1-15(5-2-6-21-9-15)14(20)17-11-4-3-10(7-13(18)19)12(16)8-11/h3-4,8H,2,5-7,9H2,1H3,(H,17,20)(H,18,19). The number of aliphatic carboxylic acids is 1. The largest absolute Gasteiger partial charge is 0.481 e. The molecule has 2 N–H and O–H groups in total. The molecule has 1 unspecified atom stereocenters. The molecule has 0 radical (unpaired) electrons. The van der Waals surface area contributed by atoms with Crippen LogP contribution in [-0.2, 0) is 20.7 Å². The molecule has 1 aliphatic rings. The number of nitrogens with one attached hydrogen (secondary N) is 1. The molecule has 0 aromatic heterocycles. The Hall–Kier alpha value is -1.95. The van der Waals surface area contributed by atoms with Gasteiger partial charge in [-0.3, -0.25) is 9.59 Å². The van der Waals surface area contributed by atoms with Crippen molar-refractivity contribution in [1.29, 1.82) is 0 Å². The van der Waals surface area contributed by atoms with Gasteiger partial charge in [-0.1, -0.05) is 6.07 Å². The minimum Gasteiger partial charge on any atom is -0.481 e. The first-order valence-corrected chi connectivity index (χ1v) is 6.80. The van der Waals surface area contributed by atoms with Crippen LogP contribution in [0.1, 0.15) is 25.3 Å². The Balaban J connectivity index is 2.07. The van der Waals surface area contributed by atoms with Gasteiger partial charge in [0.15, 0.2) is 0 Å². The Morgan fingerprint density at radius 1 is 1.48 bits per heavy atom. The van der Waals surface area contributed by atoms with Gasteiger partial charge >= 0.3 is 5.97 Å². The van der Waals surface area contributed by atoms with E-state index in [0.717, 1.165) is 18.9 Å². The van der Waals surface area contributed by atoms with Crippen molar-refractivity contribution in [2.75, 3.05) is 18.5 Å². The van der Waals surface area contributed by atoms with Gasteiger partial charge in [0, 0.05) is 12.3 Å². The van der Waals surface area contributed by atoms with Crippen molar-refractivity contribution in [2.45, 2.75) is 26.2 Å². The minimum absolute atomic E-state index is 0.0905. The van der Waals surface area contributed by atoms with Crippen LogP contribution in [0, 0.1) is 11.2 Å². The lowest BCUT2D eigenvalue weighted by molar-refractivity contribution is -0.136. The molecule has 2 rings (SSSR count). The van der Waals surface area contributed by atoms with Crippen LogP contribution < -0.4 is 5.32 Å². The van der Waals surface area contributed by atoms with Crippen LogP contribution in [0.15, 0.2) is 18.2 Å². The van der Waals surface area contributed by atoms with Gasteiger partial charge in [-0.05, 0) is 37.5 Å². The fraction of sp³-hybridized carbons (Fsp3) is 0.467. The van der Waals surface area contributed by atoms with Crippen LogP contribution in [0.25, 0.3) is 0 Å². The number of ether oxygens (including phenoxy) is 1. The van der Waals surface area contributed by atoms with E-state index >= 15 is 0 Å². The molecule has 0 aliphatic carbocycles. The lowest BCUT2D eigenvalue weighted by Crippen LogP contribution is -2.40. The normalized spacial score (nSPS) is 21.8. The van der Waals surface area contributed by atoms with E-state index in [0.29, 0.717) is 18.9 Å². The number of carbonyl (C=O) groups is 2. The highest BCUT2D eigenvalue weighted by molar-refractivity contribution is 5.95. The fourth-order valence-electron chi connectivity index (χ4n) is 2.33. The Morgan fingerprint density at radius 2 is 2.24 bits per heavy atom. The van der Waals surface area contributed by atoms with Crippen molar-refractivity contribution in [1.82, 2.24) is 0 Å². The van der Waals surface area contributed by atoms with E-state index in [1.165, 1.54) is 12.1 Å². The second-order valence-electron chi connectivity index (χ2n) is 5.55. The first-order valence-electron chi connectivity index (χ1n) is 6.80. The number of carbonyl (C=O) groups excluding carboxylic acids is 1. The molecular formula is C15H18FNO4. The van der Waals surface area contributed by atoms with Crippen LogP contribution in [-0.4, -0.2) is 30.2 Å². The summed E-state index contributed by atoms with van der Waals surface area (Å²) in [7, 11) is 0. The molecule has 114 valence electrons. The summed E-state index contributed by atoms with van der Waals surface area (Å²) < 4.78 is 19.1. The summed E-state index contributed by atoms with van der Waals surface area (Å²) in [5.41, 5.74) is -0.208. The maximum absolute atomic E-state index is 13.8. The third kappa shape index (κ3) is 3.78. The number of carboxylic acid groups (broad SMARTS) is 1. The Bertz CT molecular complexity index is 553. The monoisotopic (exact) mass is 295 g/mol. The number of halogens is 1. The molecule has 1 aromatic rings. The molecule has 1 fully saturated rings. The van der Waals surface area contributed by atoms with E-state index in [1.807, 2.05) is 6.92 Å². The van der Waals surface area contributed by atoms with Crippen LogP contribution in [0.2, 0.25) is 0 Å². The fourth-order valence-corrected chi connectivity index (χ4v) is 2.33. The molecule has 1 atom stereocenters. The van der Waals surface area contributed by atoms with E-state index in [1.54, 1.807) is 0 Å². The maximum atomic E-state index is 13.8. The molecule has 1 heterocycles. The summed E-state index contributed by atoms with van der Waals surface area (Å²) in [5.74, 6) is -1.95. The maximum Gasteiger partial charge on any atom is 0.307 e. The first kappa shape index (κ1) is 15.4. The van der Waals surface area contributed by atoms with Crippen molar-refractivity contribution in [3.63, 3.8) is 0 Å². The van der Waals surface area contributed by atoms with Gasteiger partial charge in [-0.15, -0.1) is 0 Å². The number of anilines is 1. The molecule has 1 amide bonds. The zero-order valence-electron chi connectivity index (χ0n) is 11.8. The number of carboxylic acids is 1. The molecule has 0 spiro atoms. The summed E-state index contributed by atoms with van der Waals surface area (Å²) in [6, 6.07) is 4.02. The smallest absolute Gasteiger partial charge is 0.307 e. The molecule has 1 saturated heterocycles. The highest BCUT2D eigenvalue weighted by Crippen LogP contribution is 2.29. The van der Waals surface area contributed by atoms with Crippen molar-refractivity contribution in [2.24, 2.45) is 5.41 Å². The Labute approximate surface area is 122 Å². The van der Waals surface area contributed by atoms with Crippen molar-refractivity contribution >= 4 is 17.6 Å². The lowest BCUT2D eigenvalue weighted by Gasteiger charge is -2.31. The average molecular weight is 295 g/mol. The van der Waals surface area contributed by atoms with E-state index in [-0.39, 0.29) is 17.9 Å². The van der Waals surface area contributed by atoms with E-state index < -0.39 is 17.2 Å². The predicted octanol–water partition coefficient (Wildman–Crippen LogP) is 2.21. The third-order valence-corrected chi connectivity index (χ3v) is 3.64. The third-order valence-electron chi connectivity index (χ3n) is 3.64. The summed E-state index contributed by atoms with van der Waals surface area (Å²) >= 11 is 0. The van der Waals surface area contributed by atoms with Gasteiger partial charge in [0.05, 0.1) is 18.4 Å². The molecule has 1 aromatic carbocycles. The zero-order chi connectivity index (χ0) is 15.5. The topological polar surface area (TPSA) is 75.6 Å². The van der Waals surface area contributed by atoms with Crippen LogP contribution in [0.5, 0.6) is 0 Å². The summed E-state index contributed by atoms with van der Waals surface area (Å²) in [6.45, 7) is 2.82. The van der Waals surface area contributed by atoms with E-state index in [4.69, 9.17) is 9.84 Å². The molecule has 5 nitrogen and oxygen atoms in total. The zero-order valence-corrected chi connectivity index (χ0v) is 11.8. The minimum atomic E-state index is -1.10. The predicted molar refractivity (Wildman–Crippen MR) is 74.5 cm³/mol. The number of rotatable bonds is 4. The number of benzene rings is 1. The lowest BCUT2D eigenvalue weighted by atomic mass is 9.84. The first-order chi connectivity index (χ1) is 9.90. The van der Waals surface area contributed by atoms with Crippen LogP contribution in [0.3, 0.4) is 0 Å². The van der Waals surface area contributed by atoms with Crippen LogP contribution in [0.4, 0.5) is 10.1 Å². The highest BCUT2D eigenvalue weighted by atomic mass is 19.1. The van der Waals surface area contributed by atoms with Gasteiger partial charge < -0.3 is 15.2 Å². The highest BCUT2D eigenvalue weighted by Gasteiger charge is 2.35. The van der Waals surface area contributed by atoms with Crippen molar-refractivity contribution < 1.29 is 23.8 Å². The second kappa shape index (κ2) is 6.22. The molecular weight excluding hydrogens is 277 g/mol. The Morgan fingerprint density at radius 3 is 2.81 bits per heavy atom. The summed E-state index contributed by atoms with van der Waals surface area (Å²) in [5, 5.41) is 11.3. The van der Waals surface area contributed by atoms with E-state index in [9.17, 15) is 14.0 Å². The number of hydrogen-bond acceptors (Lipinski definition) is 3. The number of hydrogen-bond donors (Lipinski definition) is 2. The van der Waals surface area contributed by atoms with Gasteiger partial charge in [0.1, 0.15) is 5.82 Å². The molecule has 6 heteroatoms. The quantitative estimate of drug-likeness (QED) is 0.893. The molecule has 0 bridgehead atoms. The summed E-state index contributed by atoms with van der Waals surface area (Å²) in [4.78, 5) is 22.8. The Kier molecular flexibility index (Phi) is 4.57. The van der Waals surface area contributed by atoms with Crippen molar-refractivity contribution in [3.05, 3.63) is 29.6 Å². The van der Waals surface area contributed by atoms with Crippen LogP contribution >= 0.6 is 0 Å². The molecule has 1 aliphatic heterocycles. The average Bonchev–Trinajstić information content (AvgIpc) is 2.42. The van der Waals surface area contributed by atoms with Gasteiger partial charge in [-0.25, -0.2) is 4.39 Å². The SMILES string of the molecule is CC1(C(=O)Nc2ccc(CC(=O)O)c(F)c2)CCCOC1. The second-order valence-corrected chi connectivity index (χ2v) is 5.55.